The van der Waals surface area contributed by atoms with Crippen molar-refractivity contribution in [2.24, 2.45) is 5.92 Å². The van der Waals surface area contributed by atoms with Crippen LogP contribution in [0.15, 0.2) is 71.1 Å². The van der Waals surface area contributed by atoms with E-state index in [2.05, 4.69) is 18.8 Å². The van der Waals surface area contributed by atoms with E-state index in [4.69, 9.17) is 9.15 Å². The molecule has 0 radical (unpaired) electrons. The predicted molar refractivity (Wildman–Crippen MR) is 122 cm³/mol. The number of aliphatic hydroxyl groups excluding tert-OH is 1. The van der Waals surface area contributed by atoms with Crippen LogP contribution in [0, 0.1) is 12.8 Å². The lowest BCUT2D eigenvalue weighted by molar-refractivity contribution is -0.140. The summed E-state index contributed by atoms with van der Waals surface area (Å²) in [5, 5.41) is 11.2. The van der Waals surface area contributed by atoms with Crippen molar-refractivity contribution >= 4 is 17.4 Å². The summed E-state index contributed by atoms with van der Waals surface area (Å²) in [6.07, 6.45) is 4.71. The number of carbonyl (C=O) groups excluding carboxylic acids is 2. The van der Waals surface area contributed by atoms with Gasteiger partial charge in [-0.2, -0.15) is 0 Å². The summed E-state index contributed by atoms with van der Waals surface area (Å²) < 4.78 is 11.2. The van der Waals surface area contributed by atoms with Crippen molar-refractivity contribution in [1.82, 2.24) is 9.88 Å². The van der Waals surface area contributed by atoms with Crippen molar-refractivity contribution in [3.63, 3.8) is 0 Å². The molecule has 1 atom stereocenters. The van der Waals surface area contributed by atoms with Crippen LogP contribution in [0.25, 0.3) is 5.76 Å². The van der Waals surface area contributed by atoms with Gasteiger partial charge in [0.2, 0.25) is 0 Å². The lowest BCUT2D eigenvalue weighted by Gasteiger charge is -2.24. The lowest BCUT2D eigenvalue weighted by atomic mass is 9.95. The van der Waals surface area contributed by atoms with Crippen molar-refractivity contribution < 1.29 is 23.8 Å². The van der Waals surface area contributed by atoms with Crippen molar-refractivity contribution in [3.8, 4) is 5.75 Å². The third-order valence-electron chi connectivity index (χ3n) is 5.47. The number of hydrogen-bond acceptors (Lipinski definition) is 6. The zero-order valence-electron chi connectivity index (χ0n) is 18.8. The Bertz CT molecular complexity index is 1180. The Kier molecular flexibility index (Phi) is 6.31. The number of aryl methyl sites for hydroxylation is 1. The summed E-state index contributed by atoms with van der Waals surface area (Å²) in [4.78, 5) is 31.6. The van der Waals surface area contributed by atoms with Crippen LogP contribution in [0.3, 0.4) is 0 Å². The quantitative estimate of drug-likeness (QED) is 0.323. The first-order valence-electron chi connectivity index (χ1n) is 10.8. The monoisotopic (exact) mass is 446 g/mol. The molecule has 1 aliphatic heterocycles. The van der Waals surface area contributed by atoms with Crippen LogP contribution in [0.2, 0.25) is 0 Å². The van der Waals surface area contributed by atoms with E-state index in [0.29, 0.717) is 35.2 Å². The summed E-state index contributed by atoms with van der Waals surface area (Å²) in [5.74, 6) is -0.0542. The number of carbonyl (C=O) groups is 2. The molecule has 1 unspecified atom stereocenters. The Labute approximate surface area is 192 Å². The van der Waals surface area contributed by atoms with Gasteiger partial charge in [-0.15, -0.1) is 0 Å². The van der Waals surface area contributed by atoms with Gasteiger partial charge >= 0.3 is 0 Å². The summed E-state index contributed by atoms with van der Waals surface area (Å²) in [6.45, 7) is 6.67. The predicted octanol–water partition coefficient (Wildman–Crippen LogP) is 4.64. The number of pyridine rings is 1. The van der Waals surface area contributed by atoms with E-state index >= 15 is 0 Å². The van der Waals surface area contributed by atoms with Crippen LogP contribution < -0.4 is 4.74 Å². The number of Topliss-reactive ketones (excluding diaryl/α,β-unsaturated/α-hetero) is 1. The minimum absolute atomic E-state index is 0.0230. The summed E-state index contributed by atoms with van der Waals surface area (Å²) in [6, 6.07) is 11.4. The molecule has 0 bridgehead atoms. The molecule has 1 N–H and O–H groups in total. The standard InChI is InChI=1S/C26H26N2O5/c1-16(2)15-33-21-9-8-18(12-17(21)3)24(29)22-23(19-6-4-10-27-13-19)28(26(31)25(22)30)14-20-7-5-11-32-20/h4-13,16,23,29H,14-15H2,1-3H3/b24-22-. The maximum atomic E-state index is 13.1. The minimum Gasteiger partial charge on any atom is -0.507 e. The van der Waals surface area contributed by atoms with E-state index in [1.54, 1.807) is 54.9 Å². The fourth-order valence-corrected chi connectivity index (χ4v) is 3.87. The van der Waals surface area contributed by atoms with E-state index in [0.717, 1.165) is 5.56 Å². The number of aliphatic hydroxyl groups is 1. The molecule has 1 saturated heterocycles. The van der Waals surface area contributed by atoms with E-state index in [-0.39, 0.29) is 17.9 Å². The largest absolute Gasteiger partial charge is 0.507 e. The molecule has 170 valence electrons. The molecule has 7 nitrogen and oxygen atoms in total. The molecule has 33 heavy (non-hydrogen) atoms. The first-order chi connectivity index (χ1) is 15.9. The molecule has 0 spiro atoms. The number of likely N-dealkylation sites (tertiary alicyclic amines) is 1. The number of aromatic nitrogens is 1. The number of rotatable bonds is 7. The van der Waals surface area contributed by atoms with Crippen LogP contribution in [0.5, 0.6) is 5.75 Å². The minimum atomic E-state index is -0.791. The van der Waals surface area contributed by atoms with Gasteiger partial charge in [0.25, 0.3) is 11.7 Å². The molecule has 1 amide bonds. The second-order valence-corrected chi connectivity index (χ2v) is 8.48. The summed E-state index contributed by atoms with van der Waals surface area (Å²) in [5.41, 5.74) is 1.91. The number of ether oxygens (including phenoxy) is 1. The molecule has 0 saturated carbocycles. The second-order valence-electron chi connectivity index (χ2n) is 8.48. The highest BCUT2D eigenvalue weighted by Crippen LogP contribution is 2.40. The highest BCUT2D eigenvalue weighted by atomic mass is 16.5. The van der Waals surface area contributed by atoms with Gasteiger partial charge in [0.05, 0.1) is 31.0 Å². The maximum absolute atomic E-state index is 13.1. The van der Waals surface area contributed by atoms with Gasteiger partial charge in [0, 0.05) is 18.0 Å². The summed E-state index contributed by atoms with van der Waals surface area (Å²) in [7, 11) is 0. The first-order valence-corrected chi connectivity index (χ1v) is 10.8. The Morgan fingerprint density at radius 3 is 2.67 bits per heavy atom. The molecular weight excluding hydrogens is 420 g/mol. The fourth-order valence-electron chi connectivity index (χ4n) is 3.87. The molecule has 4 rings (SSSR count). The smallest absolute Gasteiger partial charge is 0.296 e. The van der Waals surface area contributed by atoms with Gasteiger partial charge in [-0.3, -0.25) is 14.6 Å². The van der Waals surface area contributed by atoms with E-state index < -0.39 is 17.7 Å². The topological polar surface area (TPSA) is 92.9 Å². The van der Waals surface area contributed by atoms with E-state index in [1.807, 2.05) is 6.92 Å². The molecule has 3 aromatic rings. The van der Waals surface area contributed by atoms with Crippen LogP contribution in [0.4, 0.5) is 0 Å². The highest BCUT2D eigenvalue weighted by Gasteiger charge is 2.46. The number of ketones is 1. The van der Waals surface area contributed by atoms with Gasteiger partial charge in [0.1, 0.15) is 17.3 Å². The van der Waals surface area contributed by atoms with Crippen molar-refractivity contribution in [2.45, 2.75) is 33.4 Å². The fraction of sp³-hybridized carbons (Fsp3) is 0.269. The van der Waals surface area contributed by atoms with Crippen molar-refractivity contribution in [2.75, 3.05) is 6.61 Å². The molecule has 1 fully saturated rings. The zero-order chi connectivity index (χ0) is 23.5. The molecule has 3 heterocycles. The van der Waals surface area contributed by atoms with E-state index in [9.17, 15) is 14.7 Å². The van der Waals surface area contributed by atoms with E-state index in [1.165, 1.54) is 11.2 Å². The van der Waals surface area contributed by atoms with Gasteiger partial charge in [0.15, 0.2) is 0 Å². The molecule has 1 aromatic carbocycles. The average molecular weight is 447 g/mol. The number of hydrogen-bond donors (Lipinski definition) is 1. The normalized spacial score (nSPS) is 17.7. The van der Waals surface area contributed by atoms with Gasteiger partial charge in [-0.25, -0.2) is 0 Å². The number of furan rings is 1. The molecule has 7 heteroatoms. The van der Waals surface area contributed by atoms with Gasteiger partial charge in [-0.05, 0) is 60.4 Å². The number of benzene rings is 1. The number of nitrogens with zero attached hydrogens (tertiary/aromatic N) is 2. The van der Waals surface area contributed by atoms with Gasteiger partial charge in [-0.1, -0.05) is 19.9 Å². The molecular formula is C26H26N2O5. The highest BCUT2D eigenvalue weighted by molar-refractivity contribution is 6.46. The van der Waals surface area contributed by atoms with Crippen molar-refractivity contribution in [3.05, 3.63) is 89.1 Å². The molecule has 2 aromatic heterocycles. The molecule has 1 aliphatic rings. The van der Waals surface area contributed by atoms with Crippen LogP contribution in [0.1, 0.15) is 42.3 Å². The average Bonchev–Trinajstić information content (AvgIpc) is 3.40. The zero-order valence-corrected chi connectivity index (χ0v) is 18.8. The molecule has 0 aliphatic carbocycles. The summed E-state index contributed by atoms with van der Waals surface area (Å²) >= 11 is 0. The SMILES string of the molecule is Cc1cc(/C(O)=C2/C(=O)C(=O)N(Cc3ccco3)C2c2cccnc2)ccc1OCC(C)C. The second kappa shape index (κ2) is 9.32. The Balaban J connectivity index is 1.77. The Hall–Kier alpha value is -3.87. The lowest BCUT2D eigenvalue weighted by Crippen LogP contribution is -2.29. The third-order valence-corrected chi connectivity index (χ3v) is 5.47. The maximum Gasteiger partial charge on any atom is 0.296 e. The van der Waals surface area contributed by atoms with Crippen molar-refractivity contribution in [1.29, 1.82) is 0 Å². The first kappa shape index (κ1) is 22.3. The van der Waals surface area contributed by atoms with Crippen LogP contribution in [-0.4, -0.2) is 33.3 Å². The Morgan fingerprint density at radius 1 is 1.21 bits per heavy atom. The number of amides is 1. The van der Waals surface area contributed by atoms with Crippen LogP contribution >= 0.6 is 0 Å². The Morgan fingerprint density at radius 2 is 2.03 bits per heavy atom. The van der Waals surface area contributed by atoms with Gasteiger partial charge < -0.3 is 19.2 Å². The van der Waals surface area contributed by atoms with Crippen LogP contribution in [-0.2, 0) is 16.1 Å². The third kappa shape index (κ3) is 4.53.